The average Bonchev–Trinajstić information content (AvgIpc) is 2.40. The highest BCUT2D eigenvalue weighted by molar-refractivity contribution is 5.74. The molecule has 4 heteroatoms. The van der Waals surface area contributed by atoms with E-state index in [0.717, 1.165) is 31.5 Å². The SMILES string of the molecule is CN(Cc1cccnc1)C(=O)N1CCCCC1. The highest BCUT2D eigenvalue weighted by atomic mass is 16.2. The number of amides is 2. The van der Waals surface area contributed by atoms with E-state index in [2.05, 4.69) is 4.98 Å². The van der Waals surface area contributed by atoms with E-state index < -0.39 is 0 Å². The Morgan fingerprint density at radius 3 is 2.82 bits per heavy atom. The third kappa shape index (κ3) is 3.19. The molecule has 4 nitrogen and oxygen atoms in total. The topological polar surface area (TPSA) is 36.4 Å². The van der Waals surface area contributed by atoms with E-state index in [1.54, 1.807) is 17.3 Å². The van der Waals surface area contributed by atoms with Gasteiger partial charge in [-0.15, -0.1) is 0 Å². The molecule has 1 aromatic heterocycles. The van der Waals surface area contributed by atoms with Gasteiger partial charge in [0.2, 0.25) is 0 Å². The van der Waals surface area contributed by atoms with E-state index >= 15 is 0 Å². The van der Waals surface area contributed by atoms with Crippen molar-refractivity contribution in [1.29, 1.82) is 0 Å². The predicted octanol–water partition coefficient (Wildman–Crippen LogP) is 2.12. The fraction of sp³-hybridized carbons (Fsp3) is 0.538. The number of pyridine rings is 1. The van der Waals surface area contributed by atoms with Crippen molar-refractivity contribution in [3.8, 4) is 0 Å². The number of likely N-dealkylation sites (tertiary alicyclic amines) is 1. The van der Waals surface area contributed by atoms with Crippen molar-refractivity contribution >= 4 is 6.03 Å². The molecule has 0 N–H and O–H groups in total. The Hall–Kier alpha value is -1.58. The zero-order valence-electron chi connectivity index (χ0n) is 10.3. The molecular weight excluding hydrogens is 214 g/mol. The summed E-state index contributed by atoms with van der Waals surface area (Å²) in [6.45, 7) is 2.43. The highest BCUT2D eigenvalue weighted by Gasteiger charge is 2.19. The van der Waals surface area contributed by atoms with Gasteiger partial charge >= 0.3 is 6.03 Å². The number of rotatable bonds is 2. The predicted molar refractivity (Wildman–Crippen MR) is 66.5 cm³/mol. The van der Waals surface area contributed by atoms with E-state index in [1.807, 2.05) is 24.1 Å². The van der Waals surface area contributed by atoms with Crippen LogP contribution in [-0.2, 0) is 6.54 Å². The molecule has 0 aliphatic carbocycles. The number of hydrogen-bond acceptors (Lipinski definition) is 2. The summed E-state index contributed by atoms with van der Waals surface area (Å²) >= 11 is 0. The maximum atomic E-state index is 12.1. The summed E-state index contributed by atoms with van der Waals surface area (Å²) in [5.74, 6) is 0. The van der Waals surface area contributed by atoms with Gasteiger partial charge in [-0.25, -0.2) is 4.79 Å². The Kier molecular flexibility index (Phi) is 3.96. The molecule has 0 atom stereocenters. The van der Waals surface area contributed by atoms with Gasteiger partial charge in [-0.05, 0) is 30.9 Å². The van der Waals surface area contributed by atoms with Crippen molar-refractivity contribution < 1.29 is 4.79 Å². The number of carbonyl (C=O) groups excluding carboxylic acids is 1. The van der Waals surface area contributed by atoms with Crippen LogP contribution < -0.4 is 0 Å². The molecule has 1 fully saturated rings. The summed E-state index contributed by atoms with van der Waals surface area (Å²) in [6.07, 6.45) is 7.06. The third-order valence-electron chi connectivity index (χ3n) is 3.10. The van der Waals surface area contributed by atoms with E-state index in [4.69, 9.17) is 0 Å². The second kappa shape index (κ2) is 5.66. The minimum Gasteiger partial charge on any atom is -0.325 e. The Morgan fingerprint density at radius 2 is 2.18 bits per heavy atom. The van der Waals surface area contributed by atoms with Gasteiger partial charge in [-0.2, -0.15) is 0 Å². The molecular formula is C13H19N3O. The summed E-state index contributed by atoms with van der Waals surface area (Å²) in [6, 6.07) is 4.02. The van der Waals surface area contributed by atoms with Crippen molar-refractivity contribution in [1.82, 2.24) is 14.8 Å². The molecule has 1 aliphatic heterocycles. The standard InChI is InChI=1S/C13H19N3O/c1-15(11-12-6-5-7-14-10-12)13(17)16-8-3-2-4-9-16/h5-7,10H,2-4,8-9,11H2,1H3. The van der Waals surface area contributed by atoms with Crippen molar-refractivity contribution in [2.24, 2.45) is 0 Å². The fourth-order valence-corrected chi connectivity index (χ4v) is 2.16. The highest BCUT2D eigenvalue weighted by Crippen LogP contribution is 2.12. The van der Waals surface area contributed by atoms with Crippen molar-refractivity contribution in [3.05, 3.63) is 30.1 Å². The van der Waals surface area contributed by atoms with Gasteiger partial charge in [0, 0.05) is 39.1 Å². The summed E-state index contributed by atoms with van der Waals surface area (Å²) in [5, 5.41) is 0. The number of aromatic nitrogens is 1. The summed E-state index contributed by atoms with van der Waals surface area (Å²) in [4.78, 5) is 19.9. The zero-order chi connectivity index (χ0) is 12.1. The van der Waals surface area contributed by atoms with Crippen molar-refractivity contribution in [2.75, 3.05) is 20.1 Å². The fourth-order valence-electron chi connectivity index (χ4n) is 2.16. The van der Waals surface area contributed by atoms with Crippen LogP contribution in [0.2, 0.25) is 0 Å². The molecule has 0 bridgehead atoms. The second-order valence-corrected chi connectivity index (χ2v) is 4.55. The Labute approximate surface area is 102 Å². The van der Waals surface area contributed by atoms with Crippen LogP contribution in [0.5, 0.6) is 0 Å². The lowest BCUT2D eigenvalue weighted by Crippen LogP contribution is -2.43. The van der Waals surface area contributed by atoms with Crippen LogP contribution >= 0.6 is 0 Å². The molecule has 2 rings (SSSR count). The summed E-state index contributed by atoms with van der Waals surface area (Å²) in [5.41, 5.74) is 1.07. The molecule has 0 radical (unpaired) electrons. The largest absolute Gasteiger partial charge is 0.325 e. The smallest absolute Gasteiger partial charge is 0.320 e. The maximum Gasteiger partial charge on any atom is 0.320 e. The van der Waals surface area contributed by atoms with Crippen LogP contribution in [0.1, 0.15) is 24.8 Å². The number of nitrogens with zero attached hydrogens (tertiary/aromatic N) is 3. The quantitative estimate of drug-likeness (QED) is 0.784. The van der Waals surface area contributed by atoms with Gasteiger partial charge in [0.15, 0.2) is 0 Å². The minimum atomic E-state index is 0.133. The molecule has 1 saturated heterocycles. The lowest BCUT2D eigenvalue weighted by atomic mass is 10.1. The average molecular weight is 233 g/mol. The molecule has 1 aliphatic rings. The molecule has 17 heavy (non-hydrogen) atoms. The lowest BCUT2D eigenvalue weighted by molar-refractivity contribution is 0.151. The first-order chi connectivity index (χ1) is 8.27. The monoisotopic (exact) mass is 233 g/mol. The summed E-state index contributed by atoms with van der Waals surface area (Å²) < 4.78 is 0. The molecule has 1 aromatic rings. The molecule has 0 spiro atoms. The maximum absolute atomic E-state index is 12.1. The van der Waals surface area contributed by atoms with Gasteiger partial charge in [-0.1, -0.05) is 6.07 Å². The number of carbonyl (C=O) groups is 1. The van der Waals surface area contributed by atoms with Crippen LogP contribution in [0.4, 0.5) is 4.79 Å². The number of hydrogen-bond donors (Lipinski definition) is 0. The normalized spacial score (nSPS) is 15.7. The molecule has 0 unspecified atom stereocenters. The third-order valence-corrected chi connectivity index (χ3v) is 3.10. The van der Waals surface area contributed by atoms with E-state index in [1.165, 1.54) is 6.42 Å². The van der Waals surface area contributed by atoms with Crippen LogP contribution in [0, 0.1) is 0 Å². The first-order valence-electron chi connectivity index (χ1n) is 6.16. The van der Waals surface area contributed by atoms with Crippen LogP contribution in [0.15, 0.2) is 24.5 Å². The van der Waals surface area contributed by atoms with Gasteiger partial charge < -0.3 is 9.80 Å². The second-order valence-electron chi connectivity index (χ2n) is 4.55. The molecule has 0 aromatic carbocycles. The van der Waals surface area contributed by atoms with Crippen LogP contribution in [0.25, 0.3) is 0 Å². The van der Waals surface area contributed by atoms with Gasteiger partial charge in [-0.3, -0.25) is 4.98 Å². The van der Waals surface area contributed by atoms with Crippen LogP contribution in [0.3, 0.4) is 0 Å². The van der Waals surface area contributed by atoms with Crippen molar-refractivity contribution in [3.63, 3.8) is 0 Å². The lowest BCUT2D eigenvalue weighted by Gasteiger charge is -2.31. The van der Waals surface area contributed by atoms with Crippen molar-refractivity contribution in [2.45, 2.75) is 25.8 Å². The molecule has 0 saturated carbocycles. The van der Waals surface area contributed by atoms with Gasteiger partial charge in [0.25, 0.3) is 0 Å². The first kappa shape index (κ1) is 11.9. The minimum absolute atomic E-state index is 0.133. The number of urea groups is 1. The first-order valence-corrected chi connectivity index (χ1v) is 6.16. The summed E-state index contributed by atoms with van der Waals surface area (Å²) in [7, 11) is 1.85. The Balaban J connectivity index is 1.90. The van der Waals surface area contributed by atoms with E-state index in [-0.39, 0.29) is 6.03 Å². The Morgan fingerprint density at radius 1 is 1.41 bits per heavy atom. The Bertz CT molecular complexity index is 360. The van der Waals surface area contributed by atoms with Gasteiger partial charge in [0.05, 0.1) is 0 Å². The molecule has 92 valence electrons. The number of piperidine rings is 1. The van der Waals surface area contributed by atoms with Gasteiger partial charge in [0.1, 0.15) is 0 Å². The zero-order valence-corrected chi connectivity index (χ0v) is 10.3. The molecule has 2 heterocycles. The van der Waals surface area contributed by atoms with E-state index in [9.17, 15) is 4.79 Å². The van der Waals surface area contributed by atoms with E-state index in [0.29, 0.717) is 6.54 Å². The molecule has 2 amide bonds. The van der Waals surface area contributed by atoms with Crippen LogP contribution in [-0.4, -0.2) is 41.0 Å².